The van der Waals surface area contributed by atoms with Crippen LogP contribution >= 0.6 is 0 Å². The van der Waals surface area contributed by atoms with Crippen LogP contribution in [0, 0.1) is 0 Å². The van der Waals surface area contributed by atoms with E-state index in [4.69, 9.17) is 0 Å². The van der Waals surface area contributed by atoms with Crippen LogP contribution in [0.1, 0.15) is 12.8 Å². The molecule has 0 atom stereocenters. The van der Waals surface area contributed by atoms with Crippen LogP contribution in [0.15, 0.2) is 0 Å². The first kappa shape index (κ1) is 16.9. The van der Waals surface area contributed by atoms with Crippen molar-refractivity contribution in [1.29, 1.82) is 0 Å². The lowest BCUT2D eigenvalue weighted by molar-refractivity contribution is -0.122. The van der Waals surface area contributed by atoms with Crippen LogP contribution in [-0.4, -0.2) is 76.0 Å². The number of carbonyl (C=O) groups is 2. The second-order valence-corrected chi connectivity index (χ2v) is 4.88. The molecule has 0 aliphatic carbocycles. The van der Waals surface area contributed by atoms with Crippen molar-refractivity contribution in [1.82, 2.24) is 20.4 Å². The Morgan fingerprint density at radius 1 is 0.778 bits per heavy atom. The van der Waals surface area contributed by atoms with E-state index in [0.717, 1.165) is 12.8 Å². The lowest BCUT2D eigenvalue weighted by Gasteiger charge is -2.11. The van der Waals surface area contributed by atoms with Crippen molar-refractivity contribution in [3.05, 3.63) is 0 Å². The van der Waals surface area contributed by atoms with E-state index >= 15 is 0 Å². The van der Waals surface area contributed by atoms with Gasteiger partial charge in [0.1, 0.15) is 0 Å². The summed E-state index contributed by atoms with van der Waals surface area (Å²) in [5, 5.41) is 5.67. The van der Waals surface area contributed by atoms with E-state index in [1.807, 2.05) is 38.0 Å². The average molecular weight is 258 g/mol. The van der Waals surface area contributed by atoms with Gasteiger partial charge in [0.05, 0.1) is 13.1 Å². The van der Waals surface area contributed by atoms with Crippen molar-refractivity contribution in [2.24, 2.45) is 0 Å². The van der Waals surface area contributed by atoms with E-state index in [2.05, 4.69) is 10.6 Å². The molecule has 0 fully saturated rings. The lowest BCUT2D eigenvalue weighted by Crippen LogP contribution is -2.35. The number of hydrogen-bond donors (Lipinski definition) is 2. The zero-order valence-corrected chi connectivity index (χ0v) is 12.0. The van der Waals surface area contributed by atoms with Gasteiger partial charge in [-0.25, -0.2) is 0 Å². The molecule has 0 aromatic carbocycles. The van der Waals surface area contributed by atoms with Crippen molar-refractivity contribution in [3.8, 4) is 0 Å². The first-order valence-electron chi connectivity index (χ1n) is 6.24. The Hall–Kier alpha value is -1.14. The normalized spacial score (nSPS) is 10.8. The zero-order chi connectivity index (χ0) is 14.0. The van der Waals surface area contributed by atoms with E-state index in [0.29, 0.717) is 26.2 Å². The van der Waals surface area contributed by atoms with Gasteiger partial charge in [-0.15, -0.1) is 0 Å². The van der Waals surface area contributed by atoms with Crippen LogP contribution in [0.2, 0.25) is 0 Å². The number of nitrogens with zero attached hydrogens (tertiary/aromatic N) is 2. The number of unbranched alkanes of at least 4 members (excludes halogenated alkanes) is 1. The third-order valence-corrected chi connectivity index (χ3v) is 2.17. The van der Waals surface area contributed by atoms with Gasteiger partial charge >= 0.3 is 0 Å². The molecule has 0 aliphatic rings. The fourth-order valence-electron chi connectivity index (χ4n) is 1.39. The molecule has 2 amide bonds. The minimum atomic E-state index is 0.0386. The molecule has 0 rings (SSSR count). The van der Waals surface area contributed by atoms with E-state index in [1.165, 1.54) is 0 Å². The number of carbonyl (C=O) groups excluding carboxylic acids is 2. The molecule has 0 aromatic rings. The van der Waals surface area contributed by atoms with Crippen LogP contribution in [0.3, 0.4) is 0 Å². The van der Waals surface area contributed by atoms with Crippen molar-refractivity contribution in [2.45, 2.75) is 12.8 Å². The van der Waals surface area contributed by atoms with Crippen LogP contribution in [0.4, 0.5) is 0 Å². The molecule has 0 heterocycles. The van der Waals surface area contributed by atoms with Gasteiger partial charge in [-0.05, 0) is 41.0 Å². The van der Waals surface area contributed by atoms with Crippen molar-refractivity contribution in [2.75, 3.05) is 54.4 Å². The monoisotopic (exact) mass is 258 g/mol. The topological polar surface area (TPSA) is 64.7 Å². The maximum atomic E-state index is 11.3. The Balaban J connectivity index is 3.36. The Labute approximate surface area is 110 Å². The highest BCUT2D eigenvalue weighted by Crippen LogP contribution is 1.86. The van der Waals surface area contributed by atoms with Crippen LogP contribution in [0.5, 0.6) is 0 Å². The van der Waals surface area contributed by atoms with Gasteiger partial charge in [0, 0.05) is 13.1 Å². The summed E-state index contributed by atoms with van der Waals surface area (Å²) in [6, 6.07) is 0. The minimum absolute atomic E-state index is 0.0386. The summed E-state index contributed by atoms with van der Waals surface area (Å²) in [6.45, 7) is 2.16. The summed E-state index contributed by atoms with van der Waals surface area (Å²) in [4.78, 5) is 26.2. The average Bonchev–Trinajstić information content (AvgIpc) is 2.20. The highest BCUT2D eigenvalue weighted by Gasteiger charge is 2.02. The predicted octanol–water partition coefficient (Wildman–Crippen LogP) is -0.878. The smallest absolute Gasteiger partial charge is 0.234 e. The van der Waals surface area contributed by atoms with Gasteiger partial charge in [-0.1, -0.05) is 0 Å². The van der Waals surface area contributed by atoms with E-state index in [1.54, 1.807) is 0 Å². The number of likely N-dealkylation sites (N-methyl/N-ethyl adjacent to an activating group) is 2. The second kappa shape index (κ2) is 9.85. The number of nitrogens with one attached hydrogen (secondary N) is 2. The Bertz CT molecular complexity index is 228. The Morgan fingerprint density at radius 2 is 1.11 bits per heavy atom. The van der Waals surface area contributed by atoms with E-state index in [-0.39, 0.29) is 11.8 Å². The molecule has 6 nitrogen and oxygen atoms in total. The summed E-state index contributed by atoms with van der Waals surface area (Å²) in [5.74, 6) is 0.0771. The third kappa shape index (κ3) is 11.3. The van der Waals surface area contributed by atoms with Crippen molar-refractivity contribution >= 4 is 11.8 Å². The molecule has 0 saturated heterocycles. The van der Waals surface area contributed by atoms with Crippen LogP contribution in [0.25, 0.3) is 0 Å². The molecule has 0 aromatic heterocycles. The molecular formula is C12H26N4O2. The minimum Gasteiger partial charge on any atom is -0.355 e. The van der Waals surface area contributed by atoms with Crippen LogP contribution < -0.4 is 10.6 Å². The molecule has 106 valence electrons. The molecule has 0 radical (unpaired) electrons. The fraction of sp³-hybridized carbons (Fsp3) is 0.833. The summed E-state index contributed by atoms with van der Waals surface area (Å²) in [6.07, 6.45) is 1.75. The lowest BCUT2D eigenvalue weighted by atomic mass is 10.3. The van der Waals surface area contributed by atoms with Gasteiger partial charge < -0.3 is 20.4 Å². The maximum Gasteiger partial charge on any atom is 0.234 e. The summed E-state index contributed by atoms with van der Waals surface area (Å²) in [7, 11) is 7.44. The van der Waals surface area contributed by atoms with Gasteiger partial charge in [0.25, 0.3) is 0 Å². The van der Waals surface area contributed by atoms with Crippen molar-refractivity contribution < 1.29 is 9.59 Å². The molecule has 2 N–H and O–H groups in total. The molecule has 0 bridgehead atoms. The standard InChI is InChI=1S/C12H26N4O2/c1-15(2)9-11(17)13-7-5-6-8-14-12(18)10-16(3)4/h5-10H2,1-4H3,(H,13,17)(H,14,18). The predicted molar refractivity (Wildman–Crippen MR) is 72.4 cm³/mol. The molecule has 0 aliphatic heterocycles. The van der Waals surface area contributed by atoms with Gasteiger partial charge in [0.2, 0.25) is 11.8 Å². The Kier molecular flexibility index (Phi) is 9.22. The fourth-order valence-corrected chi connectivity index (χ4v) is 1.39. The van der Waals surface area contributed by atoms with Gasteiger partial charge in [-0.2, -0.15) is 0 Å². The maximum absolute atomic E-state index is 11.3. The van der Waals surface area contributed by atoms with Crippen molar-refractivity contribution in [3.63, 3.8) is 0 Å². The molecule has 0 unspecified atom stereocenters. The Morgan fingerprint density at radius 3 is 1.39 bits per heavy atom. The van der Waals surface area contributed by atoms with Gasteiger partial charge in [-0.3, -0.25) is 9.59 Å². The SMILES string of the molecule is CN(C)CC(=O)NCCCCNC(=O)CN(C)C. The molecular weight excluding hydrogens is 232 g/mol. The largest absolute Gasteiger partial charge is 0.355 e. The quantitative estimate of drug-likeness (QED) is 0.527. The summed E-state index contributed by atoms with van der Waals surface area (Å²) >= 11 is 0. The second-order valence-electron chi connectivity index (χ2n) is 4.88. The molecule has 6 heteroatoms. The number of hydrogen-bond acceptors (Lipinski definition) is 4. The van der Waals surface area contributed by atoms with E-state index in [9.17, 15) is 9.59 Å². The molecule has 0 spiro atoms. The van der Waals surface area contributed by atoms with Crippen LogP contribution in [-0.2, 0) is 9.59 Å². The number of rotatable bonds is 9. The highest BCUT2D eigenvalue weighted by atomic mass is 16.2. The molecule has 18 heavy (non-hydrogen) atoms. The highest BCUT2D eigenvalue weighted by molar-refractivity contribution is 5.78. The van der Waals surface area contributed by atoms with E-state index < -0.39 is 0 Å². The zero-order valence-electron chi connectivity index (χ0n) is 12.0. The first-order valence-corrected chi connectivity index (χ1v) is 6.24. The summed E-state index contributed by atoms with van der Waals surface area (Å²) in [5.41, 5.74) is 0. The summed E-state index contributed by atoms with van der Waals surface area (Å²) < 4.78 is 0. The first-order chi connectivity index (χ1) is 8.41. The molecule has 0 saturated carbocycles. The third-order valence-electron chi connectivity index (χ3n) is 2.17. The van der Waals surface area contributed by atoms with Gasteiger partial charge in [0.15, 0.2) is 0 Å². The number of amides is 2.